The van der Waals surface area contributed by atoms with Crippen LogP contribution in [0, 0.1) is 0 Å². The second-order valence-corrected chi connectivity index (χ2v) is 4.74. The van der Waals surface area contributed by atoms with E-state index in [-0.39, 0.29) is 11.6 Å². The summed E-state index contributed by atoms with van der Waals surface area (Å²) >= 11 is 0. The molecule has 7 heteroatoms. The van der Waals surface area contributed by atoms with Crippen LogP contribution in [0.4, 0.5) is 24.8 Å². The summed E-state index contributed by atoms with van der Waals surface area (Å²) in [6.07, 6.45) is -3.32. The first-order chi connectivity index (χ1) is 9.90. The van der Waals surface area contributed by atoms with Crippen LogP contribution < -0.4 is 10.6 Å². The van der Waals surface area contributed by atoms with Crippen LogP contribution in [0.2, 0.25) is 0 Å². The third-order valence-corrected chi connectivity index (χ3v) is 3.13. The Hall–Kier alpha value is -1.50. The van der Waals surface area contributed by atoms with E-state index < -0.39 is 11.7 Å². The number of likely N-dealkylation sites (N-methyl/N-ethyl adjacent to an activating group) is 1. The molecule has 0 aliphatic heterocycles. The summed E-state index contributed by atoms with van der Waals surface area (Å²) in [4.78, 5) is 6.33. The molecule has 0 saturated heterocycles. The average molecular weight is 304 g/mol. The fourth-order valence-corrected chi connectivity index (χ4v) is 2.00. The van der Waals surface area contributed by atoms with Crippen molar-refractivity contribution < 1.29 is 13.2 Å². The Bertz CT molecular complexity index is 435. The first-order valence-corrected chi connectivity index (χ1v) is 7.14. The number of rotatable bonds is 8. The predicted octanol–water partition coefficient (Wildman–Crippen LogP) is 3.29. The quantitative estimate of drug-likeness (QED) is 0.773. The molecular weight excluding hydrogens is 281 g/mol. The van der Waals surface area contributed by atoms with E-state index >= 15 is 0 Å². The average Bonchev–Trinajstić information content (AvgIpc) is 2.45. The Balaban J connectivity index is 2.70. The van der Waals surface area contributed by atoms with Crippen molar-refractivity contribution in [3.05, 3.63) is 17.7 Å². The Morgan fingerprint density at radius 1 is 1.14 bits per heavy atom. The van der Waals surface area contributed by atoms with E-state index in [0.717, 1.165) is 38.2 Å². The number of anilines is 2. The minimum atomic E-state index is -4.37. The molecule has 1 aromatic heterocycles. The molecule has 1 heterocycles. The van der Waals surface area contributed by atoms with Crippen LogP contribution in [-0.2, 0) is 6.18 Å². The Kier molecular flexibility index (Phi) is 6.74. The fraction of sp³-hybridized carbons (Fsp3) is 0.643. The molecule has 2 N–H and O–H groups in total. The molecule has 0 spiro atoms. The lowest BCUT2D eigenvalue weighted by molar-refractivity contribution is -0.137. The van der Waals surface area contributed by atoms with Crippen molar-refractivity contribution in [2.24, 2.45) is 0 Å². The molecule has 0 unspecified atom stereocenters. The van der Waals surface area contributed by atoms with E-state index in [1.807, 2.05) is 0 Å². The van der Waals surface area contributed by atoms with E-state index in [1.165, 1.54) is 0 Å². The van der Waals surface area contributed by atoms with E-state index in [0.29, 0.717) is 6.54 Å². The summed E-state index contributed by atoms with van der Waals surface area (Å²) in [5, 5.41) is 5.61. The summed E-state index contributed by atoms with van der Waals surface area (Å²) in [6, 6.07) is 2.04. The minimum absolute atomic E-state index is 0.202. The molecule has 0 bridgehead atoms. The zero-order chi connectivity index (χ0) is 15.9. The molecule has 0 aliphatic carbocycles. The van der Waals surface area contributed by atoms with Gasteiger partial charge in [0.05, 0.1) is 5.56 Å². The summed E-state index contributed by atoms with van der Waals surface area (Å²) in [5.41, 5.74) is -0.703. The van der Waals surface area contributed by atoms with E-state index in [9.17, 15) is 13.2 Å². The summed E-state index contributed by atoms with van der Waals surface area (Å²) in [5.74, 6) is 0.440. The second-order valence-electron chi connectivity index (χ2n) is 4.74. The van der Waals surface area contributed by atoms with Gasteiger partial charge in [0, 0.05) is 20.1 Å². The lowest BCUT2D eigenvalue weighted by atomic mass is 10.2. The van der Waals surface area contributed by atoms with Crippen molar-refractivity contribution in [1.29, 1.82) is 0 Å². The zero-order valence-corrected chi connectivity index (χ0v) is 12.7. The maximum absolute atomic E-state index is 12.8. The van der Waals surface area contributed by atoms with Gasteiger partial charge in [0.2, 0.25) is 0 Å². The summed E-state index contributed by atoms with van der Waals surface area (Å²) in [6.45, 7) is 7.41. The van der Waals surface area contributed by atoms with Crippen LogP contribution in [0.3, 0.4) is 0 Å². The van der Waals surface area contributed by atoms with Gasteiger partial charge in [-0.2, -0.15) is 13.2 Å². The van der Waals surface area contributed by atoms with Crippen molar-refractivity contribution in [3.63, 3.8) is 0 Å². The largest absolute Gasteiger partial charge is 0.416 e. The molecular formula is C14H23F3N4. The number of nitrogens with zero attached hydrogens (tertiary/aromatic N) is 2. The maximum Gasteiger partial charge on any atom is 0.416 e. The molecule has 0 aromatic carbocycles. The topological polar surface area (TPSA) is 40.2 Å². The summed E-state index contributed by atoms with van der Waals surface area (Å²) in [7, 11) is 1.55. The lowest BCUT2D eigenvalue weighted by Gasteiger charge is -2.20. The molecule has 0 fully saturated rings. The van der Waals surface area contributed by atoms with Gasteiger partial charge in [-0.3, -0.25) is 0 Å². The van der Waals surface area contributed by atoms with Crippen LogP contribution in [0.15, 0.2) is 12.1 Å². The van der Waals surface area contributed by atoms with Crippen LogP contribution in [-0.4, -0.2) is 43.1 Å². The molecule has 0 amide bonds. The first kappa shape index (κ1) is 17.6. The third kappa shape index (κ3) is 5.79. The highest BCUT2D eigenvalue weighted by atomic mass is 19.4. The van der Waals surface area contributed by atoms with Crippen molar-refractivity contribution in [2.45, 2.75) is 26.4 Å². The van der Waals surface area contributed by atoms with Crippen molar-refractivity contribution >= 4 is 11.6 Å². The standard InChI is InChI=1S/C14H23F3N4/c1-4-7-21(5-2)8-6-19-13-10-11(14(15,16)17)9-12(18-3)20-13/h9-10H,4-8H2,1-3H3,(H2,18,19,20). The summed E-state index contributed by atoms with van der Waals surface area (Å²) < 4.78 is 38.4. The predicted molar refractivity (Wildman–Crippen MR) is 79.7 cm³/mol. The smallest absolute Gasteiger partial charge is 0.373 e. The fourth-order valence-electron chi connectivity index (χ4n) is 2.00. The van der Waals surface area contributed by atoms with Gasteiger partial charge in [0.15, 0.2) is 0 Å². The highest BCUT2D eigenvalue weighted by Gasteiger charge is 2.31. The van der Waals surface area contributed by atoms with Gasteiger partial charge < -0.3 is 15.5 Å². The van der Waals surface area contributed by atoms with E-state index in [2.05, 4.69) is 34.4 Å². The van der Waals surface area contributed by atoms with Gasteiger partial charge in [-0.15, -0.1) is 0 Å². The Morgan fingerprint density at radius 3 is 2.33 bits per heavy atom. The number of alkyl halides is 3. The monoisotopic (exact) mass is 304 g/mol. The van der Waals surface area contributed by atoms with Gasteiger partial charge in [-0.1, -0.05) is 13.8 Å². The highest BCUT2D eigenvalue weighted by Crippen LogP contribution is 2.31. The Labute approximate surface area is 123 Å². The number of aromatic nitrogens is 1. The molecule has 0 radical (unpaired) electrons. The van der Waals surface area contributed by atoms with Crippen LogP contribution >= 0.6 is 0 Å². The van der Waals surface area contributed by atoms with Crippen LogP contribution in [0.1, 0.15) is 25.8 Å². The normalized spacial score (nSPS) is 11.8. The molecule has 120 valence electrons. The van der Waals surface area contributed by atoms with Crippen molar-refractivity contribution in [3.8, 4) is 0 Å². The Morgan fingerprint density at radius 2 is 1.81 bits per heavy atom. The maximum atomic E-state index is 12.8. The molecule has 4 nitrogen and oxygen atoms in total. The van der Waals surface area contributed by atoms with E-state index in [4.69, 9.17) is 0 Å². The number of hydrogen-bond donors (Lipinski definition) is 2. The number of nitrogens with one attached hydrogen (secondary N) is 2. The molecule has 0 aliphatic rings. The number of pyridine rings is 1. The number of hydrogen-bond acceptors (Lipinski definition) is 4. The molecule has 1 aromatic rings. The SMILES string of the molecule is CCCN(CC)CCNc1cc(C(F)(F)F)cc(NC)n1. The van der Waals surface area contributed by atoms with Crippen molar-refractivity contribution in [1.82, 2.24) is 9.88 Å². The molecule has 21 heavy (non-hydrogen) atoms. The van der Waals surface area contributed by atoms with Gasteiger partial charge in [0.1, 0.15) is 11.6 Å². The molecule has 0 atom stereocenters. The van der Waals surface area contributed by atoms with Crippen molar-refractivity contribution in [2.75, 3.05) is 43.9 Å². The minimum Gasteiger partial charge on any atom is -0.373 e. The number of halogens is 3. The zero-order valence-electron chi connectivity index (χ0n) is 12.7. The molecule has 0 saturated carbocycles. The highest BCUT2D eigenvalue weighted by molar-refractivity contribution is 5.49. The van der Waals surface area contributed by atoms with Gasteiger partial charge in [0.25, 0.3) is 0 Å². The first-order valence-electron chi connectivity index (χ1n) is 7.14. The van der Waals surface area contributed by atoms with Crippen LogP contribution in [0.25, 0.3) is 0 Å². The third-order valence-electron chi connectivity index (χ3n) is 3.13. The van der Waals surface area contributed by atoms with Gasteiger partial charge in [-0.05, 0) is 31.6 Å². The molecule has 1 rings (SSSR count). The van der Waals surface area contributed by atoms with E-state index in [1.54, 1.807) is 7.05 Å². The van der Waals surface area contributed by atoms with Gasteiger partial charge in [-0.25, -0.2) is 4.98 Å². The lowest BCUT2D eigenvalue weighted by Crippen LogP contribution is -2.29. The van der Waals surface area contributed by atoms with Crippen LogP contribution in [0.5, 0.6) is 0 Å². The van der Waals surface area contributed by atoms with Gasteiger partial charge >= 0.3 is 6.18 Å². The second kappa shape index (κ2) is 8.07.